The van der Waals surface area contributed by atoms with Gasteiger partial charge in [-0.2, -0.15) is 0 Å². The van der Waals surface area contributed by atoms with Crippen LogP contribution in [0.1, 0.15) is 18.1 Å². The Kier molecular flexibility index (Phi) is 5.88. The van der Waals surface area contributed by atoms with Gasteiger partial charge in [-0.05, 0) is 28.5 Å². The van der Waals surface area contributed by atoms with Gasteiger partial charge in [0, 0.05) is 13.0 Å². The zero-order valence-electron chi connectivity index (χ0n) is 14.7. The number of hydrogen-bond donors (Lipinski definition) is 2. The molecular formula is C21H21NO4S. The third-order valence-electron chi connectivity index (χ3n) is 4.38. The van der Waals surface area contributed by atoms with E-state index in [0.717, 1.165) is 16.3 Å². The zero-order chi connectivity index (χ0) is 19.3. The third-order valence-corrected chi connectivity index (χ3v) is 6.11. The van der Waals surface area contributed by atoms with Gasteiger partial charge in [0.2, 0.25) is 5.91 Å². The van der Waals surface area contributed by atoms with E-state index in [1.165, 1.54) is 12.1 Å². The molecule has 3 aromatic carbocycles. The molecule has 0 heterocycles. The van der Waals surface area contributed by atoms with Gasteiger partial charge in [0.1, 0.15) is 0 Å². The standard InChI is InChI=1S/C21H21NO4S/c23-20(19-12-6-8-16-7-4-5-11-18(16)19)15-22-21(24)13-14-27(25,26)17-9-2-1-3-10-17/h1-12,20,23H,13-15H2,(H,22,24)/t20-/m1/s1. The summed E-state index contributed by atoms with van der Waals surface area (Å²) in [5.74, 6) is -0.679. The van der Waals surface area contributed by atoms with Crippen LogP contribution in [0.2, 0.25) is 0 Å². The fourth-order valence-corrected chi connectivity index (χ4v) is 4.18. The minimum absolute atomic E-state index is 0.0260. The fourth-order valence-electron chi connectivity index (χ4n) is 2.92. The molecule has 0 aromatic heterocycles. The van der Waals surface area contributed by atoms with E-state index >= 15 is 0 Å². The molecule has 0 fully saturated rings. The Morgan fingerprint density at radius 1 is 0.926 bits per heavy atom. The number of nitrogens with one attached hydrogen (secondary N) is 1. The molecule has 0 aliphatic carbocycles. The number of carbonyl (C=O) groups excluding carboxylic acids is 1. The SMILES string of the molecule is O=C(CCS(=O)(=O)c1ccccc1)NC[C@@H](O)c1cccc2ccccc12. The van der Waals surface area contributed by atoms with Crippen LogP contribution in [0.3, 0.4) is 0 Å². The normalized spacial score (nSPS) is 12.6. The highest BCUT2D eigenvalue weighted by Crippen LogP contribution is 2.23. The first kappa shape index (κ1) is 19.1. The Morgan fingerprint density at radius 3 is 2.37 bits per heavy atom. The van der Waals surface area contributed by atoms with Crippen molar-refractivity contribution in [1.82, 2.24) is 5.32 Å². The van der Waals surface area contributed by atoms with Gasteiger partial charge in [0.25, 0.3) is 0 Å². The lowest BCUT2D eigenvalue weighted by Gasteiger charge is -2.15. The molecule has 6 heteroatoms. The van der Waals surface area contributed by atoms with Crippen molar-refractivity contribution in [1.29, 1.82) is 0 Å². The number of aliphatic hydroxyl groups is 1. The highest BCUT2D eigenvalue weighted by molar-refractivity contribution is 7.91. The molecule has 0 saturated heterocycles. The average Bonchev–Trinajstić information content (AvgIpc) is 2.70. The van der Waals surface area contributed by atoms with Crippen LogP contribution in [0.15, 0.2) is 77.7 Å². The van der Waals surface area contributed by atoms with Gasteiger partial charge in [-0.3, -0.25) is 4.79 Å². The number of sulfone groups is 1. The fraction of sp³-hybridized carbons (Fsp3) is 0.190. The molecule has 0 unspecified atom stereocenters. The minimum Gasteiger partial charge on any atom is -0.387 e. The van der Waals surface area contributed by atoms with Gasteiger partial charge < -0.3 is 10.4 Å². The molecule has 0 saturated carbocycles. The van der Waals surface area contributed by atoms with Gasteiger partial charge in [-0.1, -0.05) is 60.7 Å². The molecule has 27 heavy (non-hydrogen) atoms. The molecule has 0 aliphatic rings. The zero-order valence-corrected chi connectivity index (χ0v) is 15.5. The van der Waals surface area contributed by atoms with Gasteiger partial charge in [-0.25, -0.2) is 8.42 Å². The maximum Gasteiger partial charge on any atom is 0.221 e. The third kappa shape index (κ3) is 4.72. The average molecular weight is 383 g/mol. The molecule has 0 spiro atoms. The second kappa shape index (κ2) is 8.33. The van der Waals surface area contributed by atoms with Gasteiger partial charge in [0.05, 0.1) is 16.8 Å². The van der Waals surface area contributed by atoms with E-state index in [1.807, 2.05) is 42.5 Å². The summed E-state index contributed by atoms with van der Waals surface area (Å²) in [4.78, 5) is 12.2. The predicted octanol–water partition coefficient (Wildman–Crippen LogP) is 2.85. The van der Waals surface area contributed by atoms with Crippen molar-refractivity contribution < 1.29 is 18.3 Å². The summed E-state index contributed by atoms with van der Waals surface area (Å²) in [5, 5.41) is 15.0. The number of fused-ring (bicyclic) bond motifs is 1. The Hall–Kier alpha value is -2.70. The van der Waals surface area contributed by atoms with Crippen molar-refractivity contribution in [2.24, 2.45) is 0 Å². The predicted molar refractivity (Wildman–Crippen MR) is 105 cm³/mol. The van der Waals surface area contributed by atoms with Crippen LogP contribution in [0.25, 0.3) is 10.8 Å². The molecule has 3 aromatic rings. The van der Waals surface area contributed by atoms with Crippen LogP contribution in [-0.4, -0.2) is 31.7 Å². The van der Waals surface area contributed by atoms with Gasteiger partial charge >= 0.3 is 0 Å². The number of aliphatic hydroxyl groups excluding tert-OH is 1. The maximum absolute atomic E-state index is 12.2. The van der Waals surface area contributed by atoms with Crippen molar-refractivity contribution in [3.05, 3.63) is 78.4 Å². The molecule has 5 nitrogen and oxygen atoms in total. The lowest BCUT2D eigenvalue weighted by molar-refractivity contribution is -0.121. The summed E-state index contributed by atoms with van der Waals surface area (Å²) in [6.45, 7) is 0.0260. The van der Waals surface area contributed by atoms with E-state index < -0.39 is 21.8 Å². The number of amides is 1. The Balaban J connectivity index is 1.57. The smallest absolute Gasteiger partial charge is 0.221 e. The second-order valence-electron chi connectivity index (χ2n) is 6.27. The largest absolute Gasteiger partial charge is 0.387 e. The molecule has 0 bridgehead atoms. The molecule has 3 rings (SSSR count). The number of benzene rings is 3. The first-order valence-corrected chi connectivity index (χ1v) is 10.3. The summed E-state index contributed by atoms with van der Waals surface area (Å²) >= 11 is 0. The van der Waals surface area contributed by atoms with Crippen molar-refractivity contribution in [2.75, 3.05) is 12.3 Å². The summed E-state index contributed by atoms with van der Waals surface area (Å²) < 4.78 is 24.4. The van der Waals surface area contributed by atoms with E-state index in [-0.39, 0.29) is 23.6 Å². The molecule has 0 radical (unpaired) electrons. The van der Waals surface area contributed by atoms with Crippen LogP contribution >= 0.6 is 0 Å². The number of hydrogen-bond acceptors (Lipinski definition) is 4. The summed E-state index contributed by atoms with van der Waals surface area (Å²) in [6.07, 6.45) is -1.02. The Morgan fingerprint density at radius 2 is 1.59 bits per heavy atom. The second-order valence-corrected chi connectivity index (χ2v) is 8.38. The van der Waals surface area contributed by atoms with E-state index in [9.17, 15) is 18.3 Å². The van der Waals surface area contributed by atoms with Crippen LogP contribution in [0.5, 0.6) is 0 Å². The summed E-state index contributed by atoms with van der Waals surface area (Å²) in [6, 6.07) is 21.4. The lowest BCUT2D eigenvalue weighted by Crippen LogP contribution is -2.29. The van der Waals surface area contributed by atoms with Crippen LogP contribution in [-0.2, 0) is 14.6 Å². The van der Waals surface area contributed by atoms with Crippen molar-refractivity contribution in [3.63, 3.8) is 0 Å². The monoisotopic (exact) mass is 383 g/mol. The topological polar surface area (TPSA) is 83.5 Å². The Labute approximate surface area is 158 Å². The van der Waals surface area contributed by atoms with Crippen molar-refractivity contribution in [3.8, 4) is 0 Å². The van der Waals surface area contributed by atoms with Gasteiger partial charge in [-0.15, -0.1) is 0 Å². The van der Waals surface area contributed by atoms with Gasteiger partial charge in [0.15, 0.2) is 9.84 Å². The molecule has 0 aliphatic heterocycles. The highest BCUT2D eigenvalue weighted by Gasteiger charge is 2.17. The highest BCUT2D eigenvalue weighted by atomic mass is 32.2. The molecule has 2 N–H and O–H groups in total. The molecular weight excluding hydrogens is 362 g/mol. The summed E-state index contributed by atoms with van der Waals surface area (Å²) in [5.41, 5.74) is 0.727. The first-order valence-electron chi connectivity index (χ1n) is 8.67. The Bertz CT molecular complexity index is 1030. The van der Waals surface area contributed by atoms with E-state index in [2.05, 4.69) is 5.32 Å². The van der Waals surface area contributed by atoms with E-state index in [4.69, 9.17) is 0 Å². The molecule has 140 valence electrons. The minimum atomic E-state index is -3.50. The van der Waals surface area contributed by atoms with Crippen LogP contribution < -0.4 is 5.32 Å². The molecule has 1 atom stereocenters. The van der Waals surface area contributed by atoms with Crippen molar-refractivity contribution >= 4 is 26.5 Å². The maximum atomic E-state index is 12.2. The van der Waals surface area contributed by atoms with Crippen LogP contribution in [0, 0.1) is 0 Å². The van der Waals surface area contributed by atoms with Crippen molar-refractivity contribution in [2.45, 2.75) is 17.4 Å². The summed E-state index contributed by atoms with van der Waals surface area (Å²) in [7, 11) is -3.50. The first-order chi connectivity index (χ1) is 13.0. The molecule has 1 amide bonds. The van der Waals surface area contributed by atoms with E-state index in [0.29, 0.717) is 0 Å². The number of rotatable bonds is 7. The van der Waals surface area contributed by atoms with Crippen LogP contribution in [0.4, 0.5) is 0 Å². The lowest BCUT2D eigenvalue weighted by atomic mass is 10.0. The van der Waals surface area contributed by atoms with E-state index in [1.54, 1.807) is 18.2 Å². The quantitative estimate of drug-likeness (QED) is 0.657. The number of carbonyl (C=O) groups is 1.